The fraction of sp³-hybridized carbons (Fsp3) is 0.923. The molecule has 1 amide bonds. The van der Waals surface area contributed by atoms with Gasteiger partial charge in [0.2, 0.25) is 5.91 Å². The van der Waals surface area contributed by atoms with Crippen molar-refractivity contribution in [3.8, 4) is 0 Å². The molecule has 0 aromatic heterocycles. The van der Waals surface area contributed by atoms with Crippen LogP contribution in [0.3, 0.4) is 0 Å². The van der Waals surface area contributed by atoms with Gasteiger partial charge in [-0.05, 0) is 33.6 Å². The molecule has 0 atom stereocenters. The van der Waals surface area contributed by atoms with Crippen LogP contribution in [0.4, 0.5) is 13.2 Å². The molecule has 114 valence electrons. The average Bonchev–Trinajstić information content (AvgIpc) is 2.23. The van der Waals surface area contributed by atoms with E-state index in [2.05, 4.69) is 0 Å². The van der Waals surface area contributed by atoms with Crippen LogP contribution in [0.1, 0.15) is 47.5 Å². The predicted octanol–water partition coefficient (Wildman–Crippen LogP) is 3.38. The molecule has 0 aliphatic heterocycles. The predicted molar refractivity (Wildman–Crippen MR) is 67.8 cm³/mol. The van der Waals surface area contributed by atoms with Gasteiger partial charge in [0.05, 0.1) is 5.60 Å². The van der Waals surface area contributed by atoms with Crippen molar-refractivity contribution in [1.82, 2.24) is 4.90 Å². The van der Waals surface area contributed by atoms with E-state index in [9.17, 15) is 18.0 Å². The number of nitrogens with zero attached hydrogens (tertiary/aromatic N) is 1. The number of carbonyl (C=O) groups excluding carboxylic acids is 1. The van der Waals surface area contributed by atoms with Crippen molar-refractivity contribution in [2.75, 3.05) is 13.2 Å². The lowest BCUT2D eigenvalue weighted by Crippen LogP contribution is -2.47. The van der Waals surface area contributed by atoms with E-state index in [1.807, 2.05) is 0 Å². The maximum atomic E-state index is 12.5. The van der Waals surface area contributed by atoms with Crippen molar-refractivity contribution in [3.05, 3.63) is 0 Å². The molecule has 0 N–H and O–H groups in total. The molecule has 19 heavy (non-hydrogen) atoms. The molecule has 0 bridgehead atoms. The SMILES string of the molecule is CCC(CC)N(CC(F)(F)F)C(=O)COC(C)(C)C. The van der Waals surface area contributed by atoms with E-state index >= 15 is 0 Å². The van der Waals surface area contributed by atoms with Crippen molar-refractivity contribution < 1.29 is 22.7 Å². The van der Waals surface area contributed by atoms with E-state index < -0.39 is 30.3 Å². The summed E-state index contributed by atoms with van der Waals surface area (Å²) in [6.45, 7) is 7.27. The van der Waals surface area contributed by atoms with Gasteiger partial charge in [-0.25, -0.2) is 0 Å². The Morgan fingerprint density at radius 3 is 1.95 bits per heavy atom. The molecule has 0 aromatic carbocycles. The van der Waals surface area contributed by atoms with Crippen molar-refractivity contribution >= 4 is 5.91 Å². The summed E-state index contributed by atoms with van der Waals surface area (Å²) < 4.78 is 42.9. The molecule has 0 radical (unpaired) electrons. The maximum absolute atomic E-state index is 12.5. The van der Waals surface area contributed by atoms with Gasteiger partial charge in [-0.3, -0.25) is 4.79 Å². The molecule has 0 rings (SSSR count). The average molecular weight is 283 g/mol. The van der Waals surface area contributed by atoms with E-state index in [1.54, 1.807) is 34.6 Å². The molecule has 0 saturated carbocycles. The standard InChI is InChI=1S/C13H24F3NO2/c1-6-10(7-2)17(9-13(14,15)16)11(18)8-19-12(3,4)5/h10H,6-9H2,1-5H3. The Labute approximate surface area is 113 Å². The van der Waals surface area contributed by atoms with Crippen molar-refractivity contribution in [1.29, 1.82) is 0 Å². The second kappa shape index (κ2) is 7.12. The van der Waals surface area contributed by atoms with Gasteiger partial charge in [0.15, 0.2) is 0 Å². The number of hydrogen-bond donors (Lipinski definition) is 0. The van der Waals surface area contributed by atoms with Gasteiger partial charge in [0.25, 0.3) is 0 Å². The second-order valence-corrected chi connectivity index (χ2v) is 5.51. The maximum Gasteiger partial charge on any atom is 0.406 e. The lowest BCUT2D eigenvalue weighted by molar-refractivity contribution is -0.171. The molecule has 6 heteroatoms. The van der Waals surface area contributed by atoms with Crippen LogP contribution < -0.4 is 0 Å². The number of carbonyl (C=O) groups is 1. The zero-order valence-corrected chi connectivity index (χ0v) is 12.3. The first kappa shape index (κ1) is 18.2. The molecule has 0 heterocycles. The highest BCUT2D eigenvalue weighted by molar-refractivity contribution is 5.77. The monoisotopic (exact) mass is 283 g/mol. The lowest BCUT2D eigenvalue weighted by Gasteiger charge is -2.32. The van der Waals surface area contributed by atoms with Crippen LogP contribution in [0, 0.1) is 0 Å². The Bertz CT molecular complexity index is 281. The second-order valence-electron chi connectivity index (χ2n) is 5.51. The van der Waals surface area contributed by atoms with Gasteiger partial charge in [-0.1, -0.05) is 13.8 Å². The topological polar surface area (TPSA) is 29.5 Å². The molecule has 0 fully saturated rings. The fourth-order valence-corrected chi connectivity index (χ4v) is 1.70. The number of rotatable bonds is 6. The quantitative estimate of drug-likeness (QED) is 0.748. The molecular weight excluding hydrogens is 259 g/mol. The lowest BCUT2D eigenvalue weighted by atomic mass is 10.1. The van der Waals surface area contributed by atoms with Crippen LogP contribution in [-0.4, -0.2) is 41.8 Å². The summed E-state index contributed by atoms with van der Waals surface area (Å²) in [4.78, 5) is 12.8. The third-order valence-electron chi connectivity index (χ3n) is 2.68. The van der Waals surface area contributed by atoms with E-state index in [4.69, 9.17) is 4.74 Å². The van der Waals surface area contributed by atoms with Crippen molar-refractivity contribution in [2.45, 2.75) is 65.3 Å². The summed E-state index contributed by atoms with van der Waals surface area (Å²) in [5.74, 6) is -0.610. The van der Waals surface area contributed by atoms with Crippen LogP contribution in [0.15, 0.2) is 0 Å². The minimum Gasteiger partial charge on any atom is -0.366 e. The Kier molecular flexibility index (Phi) is 6.83. The molecule has 0 unspecified atom stereocenters. The van der Waals surface area contributed by atoms with Crippen LogP contribution in [0.5, 0.6) is 0 Å². The smallest absolute Gasteiger partial charge is 0.366 e. The largest absolute Gasteiger partial charge is 0.406 e. The van der Waals surface area contributed by atoms with Gasteiger partial charge < -0.3 is 9.64 Å². The Balaban J connectivity index is 4.77. The fourth-order valence-electron chi connectivity index (χ4n) is 1.70. The highest BCUT2D eigenvalue weighted by atomic mass is 19.4. The van der Waals surface area contributed by atoms with E-state index in [0.29, 0.717) is 12.8 Å². The summed E-state index contributed by atoms with van der Waals surface area (Å²) in [6, 6.07) is -0.405. The van der Waals surface area contributed by atoms with Crippen LogP contribution in [0.2, 0.25) is 0 Å². The summed E-state index contributed by atoms with van der Waals surface area (Å²) in [6.07, 6.45) is -3.40. The zero-order chi connectivity index (χ0) is 15.3. The molecule has 0 aliphatic carbocycles. The molecule has 3 nitrogen and oxygen atoms in total. The number of halogens is 3. The highest BCUT2D eigenvalue weighted by Crippen LogP contribution is 2.21. The van der Waals surface area contributed by atoms with Crippen molar-refractivity contribution in [2.24, 2.45) is 0 Å². The normalized spacial score (nSPS) is 12.9. The number of amides is 1. The van der Waals surface area contributed by atoms with Gasteiger partial charge >= 0.3 is 6.18 Å². The zero-order valence-electron chi connectivity index (χ0n) is 12.3. The Morgan fingerprint density at radius 1 is 1.16 bits per heavy atom. The first-order chi connectivity index (χ1) is 8.50. The molecular formula is C13H24F3NO2. The summed E-state index contributed by atoms with van der Waals surface area (Å²) in [5, 5.41) is 0. The van der Waals surface area contributed by atoms with E-state index in [-0.39, 0.29) is 6.61 Å². The molecule has 0 saturated heterocycles. The van der Waals surface area contributed by atoms with Crippen molar-refractivity contribution in [3.63, 3.8) is 0 Å². The third-order valence-corrected chi connectivity index (χ3v) is 2.68. The Hall–Kier alpha value is -0.780. The van der Waals surface area contributed by atoms with Gasteiger partial charge in [0.1, 0.15) is 13.2 Å². The van der Waals surface area contributed by atoms with Gasteiger partial charge in [-0.2, -0.15) is 13.2 Å². The van der Waals surface area contributed by atoms with Gasteiger partial charge in [-0.15, -0.1) is 0 Å². The van der Waals surface area contributed by atoms with Crippen LogP contribution >= 0.6 is 0 Å². The Morgan fingerprint density at radius 2 is 1.63 bits per heavy atom. The molecule has 0 aromatic rings. The van der Waals surface area contributed by atoms with Crippen LogP contribution in [-0.2, 0) is 9.53 Å². The molecule has 0 aliphatic rings. The minimum atomic E-state index is -4.39. The minimum absolute atomic E-state index is 0.323. The summed E-state index contributed by atoms with van der Waals surface area (Å²) in [5.41, 5.74) is -0.548. The molecule has 0 spiro atoms. The number of ether oxygens (including phenoxy) is 1. The summed E-state index contributed by atoms with van der Waals surface area (Å²) in [7, 11) is 0. The first-order valence-corrected chi connectivity index (χ1v) is 6.50. The third kappa shape index (κ3) is 8.08. The van der Waals surface area contributed by atoms with Gasteiger partial charge in [0, 0.05) is 6.04 Å². The van der Waals surface area contributed by atoms with E-state index in [1.165, 1.54) is 0 Å². The number of hydrogen-bond acceptors (Lipinski definition) is 2. The summed E-state index contributed by atoms with van der Waals surface area (Å²) >= 11 is 0. The highest BCUT2D eigenvalue weighted by Gasteiger charge is 2.35. The van der Waals surface area contributed by atoms with Crippen LogP contribution in [0.25, 0.3) is 0 Å². The first-order valence-electron chi connectivity index (χ1n) is 6.50. The van der Waals surface area contributed by atoms with E-state index in [0.717, 1.165) is 4.90 Å². The number of alkyl halides is 3.